The Morgan fingerprint density at radius 1 is 1.09 bits per heavy atom. The number of carbonyl (C=O) groups excluding carboxylic acids is 1. The highest BCUT2D eigenvalue weighted by Crippen LogP contribution is 2.25. The van der Waals surface area contributed by atoms with Crippen molar-refractivity contribution in [2.45, 2.75) is 13.5 Å². The number of rotatable bonds is 6. The van der Waals surface area contributed by atoms with E-state index in [1.165, 1.54) is 5.56 Å². The van der Waals surface area contributed by atoms with Crippen LogP contribution in [0.5, 0.6) is 0 Å². The highest BCUT2D eigenvalue weighted by molar-refractivity contribution is 6.05. The quantitative estimate of drug-likeness (QED) is 0.506. The molecular weight excluding hydrogens is 404 g/mol. The Hall–Kier alpha value is -3.36. The van der Waals surface area contributed by atoms with Gasteiger partial charge in [0.15, 0.2) is 0 Å². The Labute approximate surface area is 186 Å². The minimum Gasteiger partial charge on any atom is -0.379 e. The molecule has 1 fully saturated rings. The van der Waals surface area contributed by atoms with Crippen LogP contribution in [0.2, 0.25) is 0 Å². The lowest BCUT2D eigenvalue weighted by Gasteiger charge is -2.26. The zero-order valence-electron chi connectivity index (χ0n) is 18.1. The van der Waals surface area contributed by atoms with E-state index in [-0.39, 0.29) is 5.91 Å². The van der Waals surface area contributed by atoms with E-state index in [4.69, 9.17) is 4.74 Å². The minimum atomic E-state index is -0.0871. The second-order valence-corrected chi connectivity index (χ2v) is 8.04. The van der Waals surface area contributed by atoms with Crippen molar-refractivity contribution in [3.8, 4) is 0 Å². The molecule has 1 aliphatic heterocycles. The summed E-state index contributed by atoms with van der Waals surface area (Å²) in [6, 6.07) is 15.8. The average Bonchev–Trinajstić information content (AvgIpc) is 3.15. The Bertz CT molecular complexity index is 1250. The normalized spacial score (nSPS) is 14.8. The molecule has 2 aromatic heterocycles. The van der Waals surface area contributed by atoms with Gasteiger partial charge in [-0.2, -0.15) is 0 Å². The summed E-state index contributed by atoms with van der Waals surface area (Å²) in [6.45, 7) is 7.41. The molecule has 4 aromatic rings. The predicted octanol–water partition coefficient (Wildman–Crippen LogP) is 2.40. The zero-order valence-corrected chi connectivity index (χ0v) is 18.1. The SMILES string of the molecule is Cc1nc2nnc3ccc(C(=O)NCCN4CCOCC4)cc3c2n1Cc1ccccc1. The lowest BCUT2D eigenvalue weighted by Crippen LogP contribution is -2.41. The number of hydrogen-bond donors (Lipinski definition) is 1. The lowest BCUT2D eigenvalue weighted by atomic mass is 10.1. The summed E-state index contributed by atoms with van der Waals surface area (Å²) in [7, 11) is 0. The number of aryl methyl sites for hydroxylation is 1. The van der Waals surface area contributed by atoms with Crippen molar-refractivity contribution in [2.24, 2.45) is 0 Å². The number of benzene rings is 2. The molecule has 32 heavy (non-hydrogen) atoms. The van der Waals surface area contributed by atoms with Crippen LogP contribution < -0.4 is 5.32 Å². The summed E-state index contributed by atoms with van der Waals surface area (Å²) in [5.41, 5.74) is 4.03. The van der Waals surface area contributed by atoms with Gasteiger partial charge < -0.3 is 14.6 Å². The van der Waals surface area contributed by atoms with Crippen LogP contribution >= 0.6 is 0 Å². The van der Waals surface area contributed by atoms with Gasteiger partial charge in [-0.05, 0) is 30.7 Å². The minimum absolute atomic E-state index is 0.0871. The molecular formula is C24H26N6O2. The monoisotopic (exact) mass is 430 g/mol. The molecule has 0 bridgehead atoms. The molecule has 1 amide bonds. The van der Waals surface area contributed by atoms with Crippen LogP contribution in [0, 0.1) is 6.92 Å². The van der Waals surface area contributed by atoms with Gasteiger partial charge in [0.05, 0.1) is 24.2 Å². The second kappa shape index (κ2) is 9.02. The molecule has 0 spiro atoms. The van der Waals surface area contributed by atoms with Crippen LogP contribution in [-0.4, -0.2) is 69.9 Å². The number of hydrogen-bond acceptors (Lipinski definition) is 6. The molecule has 5 rings (SSSR count). The van der Waals surface area contributed by atoms with Crippen molar-refractivity contribution >= 4 is 28.0 Å². The fraction of sp³-hybridized carbons (Fsp3) is 0.333. The van der Waals surface area contributed by atoms with Crippen molar-refractivity contribution in [1.29, 1.82) is 0 Å². The van der Waals surface area contributed by atoms with Crippen LogP contribution in [0.25, 0.3) is 22.1 Å². The van der Waals surface area contributed by atoms with Crippen molar-refractivity contribution in [3.63, 3.8) is 0 Å². The summed E-state index contributed by atoms with van der Waals surface area (Å²) >= 11 is 0. The number of nitrogens with zero attached hydrogens (tertiary/aromatic N) is 5. The number of ether oxygens (including phenoxy) is 1. The number of carbonyl (C=O) groups is 1. The van der Waals surface area contributed by atoms with Gasteiger partial charge in [-0.15, -0.1) is 10.2 Å². The molecule has 0 saturated carbocycles. The van der Waals surface area contributed by atoms with Crippen LogP contribution in [-0.2, 0) is 11.3 Å². The van der Waals surface area contributed by atoms with Crippen LogP contribution in [0.3, 0.4) is 0 Å². The molecule has 1 saturated heterocycles. The van der Waals surface area contributed by atoms with Gasteiger partial charge in [0.2, 0.25) is 5.65 Å². The molecule has 164 valence electrons. The van der Waals surface area contributed by atoms with E-state index in [0.29, 0.717) is 24.3 Å². The Morgan fingerprint density at radius 2 is 1.91 bits per heavy atom. The van der Waals surface area contributed by atoms with Gasteiger partial charge in [0.1, 0.15) is 5.82 Å². The van der Waals surface area contributed by atoms with Gasteiger partial charge in [0, 0.05) is 43.7 Å². The number of amides is 1. The molecule has 1 N–H and O–H groups in total. The first-order valence-electron chi connectivity index (χ1n) is 10.9. The topological polar surface area (TPSA) is 85.2 Å². The number of imidazole rings is 1. The van der Waals surface area contributed by atoms with Gasteiger partial charge in [-0.3, -0.25) is 9.69 Å². The molecule has 0 radical (unpaired) electrons. The maximum Gasteiger partial charge on any atom is 0.251 e. The van der Waals surface area contributed by atoms with E-state index in [1.807, 2.05) is 37.3 Å². The fourth-order valence-corrected chi connectivity index (χ4v) is 4.15. The van der Waals surface area contributed by atoms with Gasteiger partial charge >= 0.3 is 0 Å². The summed E-state index contributed by atoms with van der Waals surface area (Å²) in [5, 5.41) is 12.5. The summed E-state index contributed by atoms with van der Waals surface area (Å²) in [6.07, 6.45) is 0. The van der Waals surface area contributed by atoms with Crippen molar-refractivity contribution in [1.82, 2.24) is 30.0 Å². The molecule has 0 aliphatic carbocycles. The zero-order chi connectivity index (χ0) is 21.9. The van der Waals surface area contributed by atoms with Gasteiger partial charge in [0.25, 0.3) is 5.91 Å². The van der Waals surface area contributed by atoms with E-state index >= 15 is 0 Å². The Morgan fingerprint density at radius 3 is 2.72 bits per heavy atom. The van der Waals surface area contributed by atoms with Crippen LogP contribution in [0.15, 0.2) is 48.5 Å². The standard InChI is InChI=1S/C24H26N6O2/c1-17-26-23-22(30(17)16-18-5-3-2-4-6-18)20-15-19(7-8-21(20)27-28-23)24(31)25-9-10-29-11-13-32-14-12-29/h2-8,15H,9-14,16H2,1H3,(H,25,31). The van der Waals surface area contributed by atoms with Crippen LogP contribution in [0.1, 0.15) is 21.7 Å². The fourth-order valence-electron chi connectivity index (χ4n) is 4.15. The van der Waals surface area contributed by atoms with E-state index in [2.05, 4.69) is 42.1 Å². The number of fused-ring (bicyclic) bond motifs is 3. The molecule has 8 nitrogen and oxygen atoms in total. The van der Waals surface area contributed by atoms with E-state index in [1.54, 1.807) is 6.07 Å². The average molecular weight is 431 g/mol. The highest BCUT2D eigenvalue weighted by Gasteiger charge is 2.16. The third kappa shape index (κ3) is 4.19. The Balaban J connectivity index is 1.42. The number of nitrogens with one attached hydrogen (secondary N) is 1. The third-order valence-electron chi connectivity index (χ3n) is 5.91. The van der Waals surface area contributed by atoms with Gasteiger partial charge in [-0.1, -0.05) is 30.3 Å². The second-order valence-electron chi connectivity index (χ2n) is 8.04. The highest BCUT2D eigenvalue weighted by atomic mass is 16.5. The Kier molecular flexibility index (Phi) is 5.79. The number of morpholine rings is 1. The first-order chi connectivity index (χ1) is 15.7. The van der Waals surface area contributed by atoms with Crippen molar-refractivity contribution in [2.75, 3.05) is 39.4 Å². The molecule has 3 heterocycles. The van der Waals surface area contributed by atoms with E-state index in [0.717, 1.165) is 55.1 Å². The third-order valence-corrected chi connectivity index (χ3v) is 5.91. The largest absolute Gasteiger partial charge is 0.379 e. The smallest absolute Gasteiger partial charge is 0.251 e. The van der Waals surface area contributed by atoms with Crippen molar-refractivity contribution < 1.29 is 9.53 Å². The molecule has 1 aliphatic rings. The summed E-state index contributed by atoms with van der Waals surface area (Å²) < 4.78 is 7.51. The number of aromatic nitrogens is 4. The maximum absolute atomic E-state index is 12.8. The van der Waals surface area contributed by atoms with Crippen molar-refractivity contribution in [3.05, 3.63) is 65.5 Å². The molecule has 8 heteroatoms. The van der Waals surface area contributed by atoms with E-state index < -0.39 is 0 Å². The molecule has 2 aromatic carbocycles. The predicted molar refractivity (Wildman–Crippen MR) is 123 cm³/mol. The van der Waals surface area contributed by atoms with E-state index in [9.17, 15) is 4.79 Å². The van der Waals surface area contributed by atoms with Gasteiger partial charge in [-0.25, -0.2) is 4.98 Å². The maximum atomic E-state index is 12.8. The van der Waals surface area contributed by atoms with Crippen LogP contribution in [0.4, 0.5) is 0 Å². The molecule has 0 atom stereocenters. The molecule has 0 unspecified atom stereocenters. The summed E-state index contributed by atoms with van der Waals surface area (Å²) in [5.74, 6) is 0.780. The lowest BCUT2D eigenvalue weighted by molar-refractivity contribution is 0.0383. The first kappa shape index (κ1) is 20.5. The first-order valence-corrected chi connectivity index (χ1v) is 10.9. The summed E-state index contributed by atoms with van der Waals surface area (Å²) in [4.78, 5) is 19.7.